The van der Waals surface area contributed by atoms with Crippen molar-refractivity contribution in [3.63, 3.8) is 0 Å². The minimum absolute atomic E-state index is 0. The summed E-state index contributed by atoms with van der Waals surface area (Å²) in [5.74, 6) is 1.05. The van der Waals surface area contributed by atoms with Crippen molar-refractivity contribution in [2.75, 3.05) is 18.9 Å². The molecule has 1 unspecified atom stereocenters. The van der Waals surface area contributed by atoms with E-state index in [4.69, 9.17) is 10.3 Å². The quantitative estimate of drug-likeness (QED) is 0.738. The van der Waals surface area contributed by atoms with Crippen LogP contribution in [0.5, 0.6) is 5.75 Å². The van der Waals surface area contributed by atoms with E-state index in [9.17, 15) is 9.67 Å². The zero-order valence-corrected chi connectivity index (χ0v) is 14.6. The first-order chi connectivity index (χ1) is 10.1. The Labute approximate surface area is 139 Å². The molecule has 2 rings (SSSR count). The number of aliphatic hydroxyl groups is 1. The lowest BCUT2D eigenvalue weighted by Crippen LogP contribution is -2.27. The molecule has 3 N–H and O–H groups in total. The van der Waals surface area contributed by atoms with Gasteiger partial charge < -0.3 is 15.4 Å². The number of aliphatic hydroxyl groups excluding tert-OH is 1. The van der Waals surface area contributed by atoms with Crippen LogP contribution in [0, 0.1) is 5.92 Å². The predicted molar refractivity (Wildman–Crippen MR) is 93.3 cm³/mol. The summed E-state index contributed by atoms with van der Waals surface area (Å²) in [6.45, 7) is 0.118. The lowest BCUT2D eigenvalue weighted by molar-refractivity contribution is 0.202. The van der Waals surface area contributed by atoms with Crippen molar-refractivity contribution in [2.24, 2.45) is 11.7 Å². The van der Waals surface area contributed by atoms with Crippen molar-refractivity contribution in [3.8, 4) is 5.75 Å². The molecule has 2 atom stereocenters. The molecule has 0 saturated heterocycles. The molecule has 0 radical (unpaired) electrons. The van der Waals surface area contributed by atoms with Gasteiger partial charge in [0, 0.05) is 12.7 Å². The molecule has 0 spiro atoms. The van der Waals surface area contributed by atoms with E-state index in [1.54, 1.807) is 0 Å². The number of benzene rings is 1. The zero-order chi connectivity index (χ0) is 15.1. The van der Waals surface area contributed by atoms with Crippen molar-refractivity contribution >= 4 is 19.8 Å². The SMILES string of the molecule is Cl.NC[C@@H](O)CP(=O)(CC1CCCCC1)Oc1ccccc1. The Bertz CT molecular complexity index is 466. The standard InChI is InChI=1S/C16H26NO3P.ClH/c17-11-15(18)13-21(19,12-14-7-3-1-4-8-14)20-16-9-5-2-6-10-16;/h2,5-6,9-10,14-15,18H,1,3-4,7-8,11-13,17H2;1H/t15-,21?;/m1./s1. The third-order valence-electron chi connectivity index (χ3n) is 4.04. The van der Waals surface area contributed by atoms with E-state index in [1.165, 1.54) is 19.3 Å². The van der Waals surface area contributed by atoms with Crippen LogP contribution in [0.15, 0.2) is 30.3 Å². The lowest BCUT2D eigenvalue weighted by atomic mass is 9.91. The average Bonchev–Trinajstić information content (AvgIpc) is 2.48. The van der Waals surface area contributed by atoms with Crippen LogP contribution in [0.3, 0.4) is 0 Å². The largest absolute Gasteiger partial charge is 0.443 e. The van der Waals surface area contributed by atoms with Crippen LogP contribution in [-0.4, -0.2) is 30.1 Å². The fourth-order valence-electron chi connectivity index (χ4n) is 2.98. The lowest BCUT2D eigenvalue weighted by Gasteiger charge is -2.28. The van der Waals surface area contributed by atoms with E-state index < -0.39 is 13.5 Å². The molecular weight excluding hydrogens is 321 g/mol. The molecule has 0 amide bonds. The minimum Gasteiger partial charge on any atom is -0.443 e. The summed E-state index contributed by atoms with van der Waals surface area (Å²) in [5.41, 5.74) is 5.48. The Morgan fingerprint density at radius 3 is 2.45 bits per heavy atom. The average molecular weight is 348 g/mol. The van der Waals surface area contributed by atoms with Crippen LogP contribution >= 0.6 is 19.8 Å². The molecule has 22 heavy (non-hydrogen) atoms. The zero-order valence-electron chi connectivity index (χ0n) is 12.9. The molecule has 0 aliphatic heterocycles. The first-order valence-electron chi connectivity index (χ1n) is 7.82. The maximum Gasteiger partial charge on any atom is 0.250 e. The van der Waals surface area contributed by atoms with Gasteiger partial charge in [-0.25, -0.2) is 0 Å². The first-order valence-corrected chi connectivity index (χ1v) is 9.82. The molecule has 1 aliphatic carbocycles. The smallest absolute Gasteiger partial charge is 0.250 e. The highest BCUT2D eigenvalue weighted by molar-refractivity contribution is 7.59. The third-order valence-corrected chi connectivity index (χ3v) is 6.63. The van der Waals surface area contributed by atoms with Gasteiger partial charge in [0.25, 0.3) is 7.37 Å². The van der Waals surface area contributed by atoms with Gasteiger partial charge in [-0.2, -0.15) is 0 Å². The molecule has 0 bridgehead atoms. The third kappa shape index (κ3) is 6.29. The van der Waals surface area contributed by atoms with Gasteiger partial charge in [-0.15, -0.1) is 12.4 Å². The van der Waals surface area contributed by atoms with Gasteiger partial charge >= 0.3 is 0 Å². The topological polar surface area (TPSA) is 72.5 Å². The van der Waals surface area contributed by atoms with Crippen LogP contribution in [0.1, 0.15) is 32.1 Å². The molecule has 1 aromatic rings. The number of nitrogens with two attached hydrogens (primary N) is 1. The van der Waals surface area contributed by atoms with Crippen LogP contribution < -0.4 is 10.3 Å². The van der Waals surface area contributed by atoms with Crippen molar-refractivity contribution in [1.82, 2.24) is 0 Å². The molecule has 6 heteroatoms. The van der Waals surface area contributed by atoms with Crippen molar-refractivity contribution in [2.45, 2.75) is 38.2 Å². The summed E-state index contributed by atoms with van der Waals surface area (Å²) in [5, 5.41) is 9.82. The first kappa shape index (κ1) is 19.5. The molecule has 1 aliphatic rings. The van der Waals surface area contributed by atoms with Gasteiger partial charge in [-0.05, 0) is 30.9 Å². The summed E-state index contributed by atoms with van der Waals surface area (Å²) < 4.78 is 19.0. The van der Waals surface area contributed by atoms with E-state index in [0.717, 1.165) is 12.8 Å². The van der Waals surface area contributed by atoms with E-state index in [-0.39, 0.29) is 25.1 Å². The fourth-order valence-corrected chi connectivity index (χ4v) is 5.73. The van der Waals surface area contributed by atoms with Gasteiger partial charge in [-0.3, -0.25) is 4.57 Å². The second-order valence-corrected chi connectivity index (χ2v) is 8.52. The highest BCUT2D eigenvalue weighted by Crippen LogP contribution is 2.51. The molecular formula is C16H27ClNO3P. The van der Waals surface area contributed by atoms with Crippen molar-refractivity contribution in [1.29, 1.82) is 0 Å². The Balaban J connectivity index is 0.00000242. The highest BCUT2D eigenvalue weighted by atomic mass is 35.5. The van der Waals surface area contributed by atoms with Crippen LogP contribution in [-0.2, 0) is 4.57 Å². The van der Waals surface area contributed by atoms with E-state index in [1.807, 2.05) is 30.3 Å². The summed E-state index contributed by atoms with van der Waals surface area (Å²) in [4.78, 5) is 0. The van der Waals surface area contributed by atoms with E-state index in [0.29, 0.717) is 17.8 Å². The normalized spacial score (nSPS) is 19.7. The van der Waals surface area contributed by atoms with E-state index in [2.05, 4.69) is 0 Å². The van der Waals surface area contributed by atoms with Gasteiger partial charge in [-0.1, -0.05) is 37.5 Å². The summed E-state index contributed by atoms with van der Waals surface area (Å²) in [7, 11) is -2.91. The summed E-state index contributed by atoms with van der Waals surface area (Å²) in [6.07, 6.45) is 5.84. The summed E-state index contributed by atoms with van der Waals surface area (Å²) in [6, 6.07) is 9.23. The predicted octanol–water partition coefficient (Wildman–Crippen LogP) is 3.67. The van der Waals surface area contributed by atoms with Crippen molar-refractivity contribution < 1.29 is 14.2 Å². The molecule has 1 fully saturated rings. The van der Waals surface area contributed by atoms with Gasteiger partial charge in [0.1, 0.15) is 5.75 Å². The molecule has 4 nitrogen and oxygen atoms in total. The molecule has 1 aromatic carbocycles. The van der Waals surface area contributed by atoms with Crippen LogP contribution in [0.25, 0.3) is 0 Å². The number of halogens is 1. The van der Waals surface area contributed by atoms with Gasteiger partial charge in [0.15, 0.2) is 0 Å². The maximum atomic E-state index is 13.2. The fraction of sp³-hybridized carbons (Fsp3) is 0.625. The minimum atomic E-state index is -2.91. The number of rotatable bonds is 7. The number of hydrogen-bond acceptors (Lipinski definition) is 4. The summed E-state index contributed by atoms with van der Waals surface area (Å²) >= 11 is 0. The molecule has 0 aromatic heterocycles. The highest BCUT2D eigenvalue weighted by Gasteiger charge is 2.32. The Kier molecular flexibility index (Phi) is 8.48. The second kappa shape index (κ2) is 9.57. The Hall–Kier alpha value is -0.540. The molecule has 126 valence electrons. The molecule has 1 saturated carbocycles. The van der Waals surface area contributed by atoms with Gasteiger partial charge in [0.05, 0.1) is 12.3 Å². The number of para-hydroxylation sites is 1. The second-order valence-electron chi connectivity index (χ2n) is 5.98. The van der Waals surface area contributed by atoms with Crippen LogP contribution in [0.4, 0.5) is 0 Å². The number of hydrogen-bond donors (Lipinski definition) is 2. The van der Waals surface area contributed by atoms with Crippen LogP contribution in [0.2, 0.25) is 0 Å². The van der Waals surface area contributed by atoms with Gasteiger partial charge in [0.2, 0.25) is 0 Å². The Morgan fingerprint density at radius 1 is 1.23 bits per heavy atom. The molecule has 0 heterocycles. The maximum absolute atomic E-state index is 13.2. The monoisotopic (exact) mass is 347 g/mol. The van der Waals surface area contributed by atoms with Crippen molar-refractivity contribution in [3.05, 3.63) is 30.3 Å². The Morgan fingerprint density at radius 2 is 1.86 bits per heavy atom. The van der Waals surface area contributed by atoms with E-state index >= 15 is 0 Å².